The Morgan fingerprint density at radius 1 is 1.07 bits per heavy atom. The predicted molar refractivity (Wildman–Crippen MR) is 118 cm³/mol. The molecule has 4 nitrogen and oxygen atoms in total. The lowest BCUT2D eigenvalue weighted by atomic mass is 10.2. The molecular formula is C22H30Cl2FNO3. The summed E-state index contributed by atoms with van der Waals surface area (Å²) in [6.45, 7) is 5.43. The first-order chi connectivity index (χ1) is 13.7. The van der Waals surface area contributed by atoms with Crippen LogP contribution in [0.15, 0.2) is 36.4 Å². The van der Waals surface area contributed by atoms with Gasteiger partial charge in [0.15, 0.2) is 11.5 Å². The number of nitrogens with one attached hydrogen (secondary N) is 1. The average Bonchev–Trinajstić information content (AvgIpc) is 2.70. The first-order valence-corrected chi connectivity index (χ1v) is 10.0. The van der Waals surface area contributed by atoms with Gasteiger partial charge in [-0.1, -0.05) is 37.1 Å². The van der Waals surface area contributed by atoms with Crippen molar-refractivity contribution in [3.05, 3.63) is 58.4 Å². The van der Waals surface area contributed by atoms with Crippen LogP contribution in [0.2, 0.25) is 5.02 Å². The van der Waals surface area contributed by atoms with Gasteiger partial charge in [0.1, 0.15) is 12.4 Å². The van der Waals surface area contributed by atoms with Crippen molar-refractivity contribution in [2.24, 2.45) is 0 Å². The van der Waals surface area contributed by atoms with Crippen LogP contribution in [0.3, 0.4) is 0 Å². The van der Waals surface area contributed by atoms with E-state index in [4.69, 9.17) is 25.8 Å². The Balaban J connectivity index is 0.00000420. The van der Waals surface area contributed by atoms with Crippen molar-refractivity contribution in [3.8, 4) is 11.5 Å². The number of methoxy groups -OCH3 is 1. The molecule has 29 heavy (non-hydrogen) atoms. The topological polar surface area (TPSA) is 39.7 Å². The van der Waals surface area contributed by atoms with Crippen molar-refractivity contribution in [1.29, 1.82) is 0 Å². The molecule has 1 N–H and O–H groups in total. The third-order valence-electron chi connectivity index (χ3n) is 4.28. The van der Waals surface area contributed by atoms with Gasteiger partial charge in [-0.3, -0.25) is 0 Å². The SMILES string of the molecule is CCCCOCCCNCc1ccc(OCc2c(F)cccc2Cl)c(OC)c1.Cl. The monoisotopic (exact) mass is 445 g/mol. The molecule has 0 fully saturated rings. The van der Waals surface area contributed by atoms with E-state index in [1.165, 1.54) is 6.07 Å². The number of hydrogen-bond donors (Lipinski definition) is 1. The van der Waals surface area contributed by atoms with E-state index in [0.717, 1.165) is 51.1 Å². The summed E-state index contributed by atoms with van der Waals surface area (Å²) in [5.41, 5.74) is 1.41. The molecule has 0 saturated carbocycles. The van der Waals surface area contributed by atoms with E-state index < -0.39 is 0 Å². The molecule has 2 aromatic carbocycles. The lowest BCUT2D eigenvalue weighted by Gasteiger charge is -2.14. The highest BCUT2D eigenvalue weighted by atomic mass is 35.5. The number of ether oxygens (including phenoxy) is 3. The minimum absolute atomic E-state index is 0. The zero-order valence-electron chi connectivity index (χ0n) is 17.0. The van der Waals surface area contributed by atoms with Crippen LogP contribution in [0.1, 0.15) is 37.3 Å². The summed E-state index contributed by atoms with van der Waals surface area (Å²) in [5.74, 6) is 0.774. The van der Waals surface area contributed by atoms with Gasteiger partial charge in [0.05, 0.1) is 12.1 Å². The maximum Gasteiger partial charge on any atom is 0.161 e. The Morgan fingerprint density at radius 3 is 2.59 bits per heavy atom. The van der Waals surface area contributed by atoms with E-state index in [-0.39, 0.29) is 24.8 Å². The highest BCUT2D eigenvalue weighted by Gasteiger charge is 2.11. The number of halogens is 3. The number of benzene rings is 2. The molecule has 0 atom stereocenters. The maximum atomic E-state index is 13.9. The molecule has 0 heterocycles. The molecular weight excluding hydrogens is 416 g/mol. The van der Waals surface area contributed by atoms with Gasteiger partial charge in [-0.05, 0) is 49.2 Å². The van der Waals surface area contributed by atoms with Gasteiger partial charge in [-0.15, -0.1) is 12.4 Å². The Morgan fingerprint density at radius 2 is 1.86 bits per heavy atom. The lowest BCUT2D eigenvalue weighted by Crippen LogP contribution is -2.16. The number of unbranched alkanes of at least 4 members (excludes halogenated alkanes) is 1. The second-order valence-corrected chi connectivity index (χ2v) is 6.88. The molecule has 0 amide bonds. The van der Waals surface area contributed by atoms with E-state index in [1.807, 2.05) is 18.2 Å². The second kappa shape index (κ2) is 14.5. The highest BCUT2D eigenvalue weighted by Crippen LogP contribution is 2.30. The fourth-order valence-corrected chi connectivity index (χ4v) is 2.86. The standard InChI is InChI=1S/C22H29ClFNO3.ClH/c1-3-4-12-27-13-6-11-25-15-17-9-10-21(22(14-17)26-2)28-16-18-19(23)7-5-8-20(18)24;/h5,7-10,14,25H,3-4,6,11-13,15-16H2,1-2H3;1H. The summed E-state index contributed by atoms with van der Waals surface area (Å²) < 4.78 is 30.6. The molecule has 0 saturated heterocycles. The largest absolute Gasteiger partial charge is 0.493 e. The normalized spacial score (nSPS) is 10.5. The van der Waals surface area contributed by atoms with Crippen LogP contribution in [0.4, 0.5) is 4.39 Å². The van der Waals surface area contributed by atoms with Crippen molar-refractivity contribution < 1.29 is 18.6 Å². The van der Waals surface area contributed by atoms with Gasteiger partial charge in [-0.25, -0.2) is 4.39 Å². The minimum Gasteiger partial charge on any atom is -0.493 e. The summed E-state index contributed by atoms with van der Waals surface area (Å²) in [6.07, 6.45) is 3.25. The third-order valence-corrected chi connectivity index (χ3v) is 4.63. The average molecular weight is 446 g/mol. The Labute approximate surface area is 184 Å². The van der Waals surface area contributed by atoms with Gasteiger partial charge in [-0.2, -0.15) is 0 Å². The molecule has 0 radical (unpaired) electrons. The van der Waals surface area contributed by atoms with Gasteiger partial charge in [0, 0.05) is 25.3 Å². The molecule has 0 bridgehead atoms. The molecule has 2 rings (SSSR count). The summed E-state index contributed by atoms with van der Waals surface area (Å²) in [5, 5.41) is 3.74. The smallest absolute Gasteiger partial charge is 0.161 e. The summed E-state index contributed by atoms with van der Waals surface area (Å²) in [4.78, 5) is 0. The molecule has 0 aromatic heterocycles. The number of rotatable bonds is 13. The molecule has 162 valence electrons. The number of hydrogen-bond acceptors (Lipinski definition) is 4. The van der Waals surface area contributed by atoms with Crippen LogP contribution in [-0.4, -0.2) is 26.9 Å². The van der Waals surface area contributed by atoms with Crippen LogP contribution in [-0.2, 0) is 17.9 Å². The Bertz CT molecular complexity index is 711. The molecule has 0 aliphatic heterocycles. The molecule has 0 aliphatic rings. The van der Waals surface area contributed by atoms with Crippen molar-refractivity contribution in [3.63, 3.8) is 0 Å². The van der Waals surface area contributed by atoms with Crippen LogP contribution in [0.5, 0.6) is 11.5 Å². The van der Waals surface area contributed by atoms with E-state index in [1.54, 1.807) is 19.2 Å². The first kappa shape index (κ1) is 25.5. The predicted octanol–water partition coefficient (Wildman–Crippen LogP) is 5.78. The van der Waals surface area contributed by atoms with E-state index >= 15 is 0 Å². The molecule has 2 aromatic rings. The Hall–Kier alpha value is -1.53. The molecule has 7 heteroatoms. The lowest BCUT2D eigenvalue weighted by molar-refractivity contribution is 0.129. The second-order valence-electron chi connectivity index (χ2n) is 6.47. The van der Waals surface area contributed by atoms with Gasteiger partial charge in [0.25, 0.3) is 0 Å². The van der Waals surface area contributed by atoms with E-state index in [9.17, 15) is 4.39 Å². The zero-order chi connectivity index (χ0) is 20.2. The van der Waals surface area contributed by atoms with Gasteiger partial charge in [0.2, 0.25) is 0 Å². The Kier molecular flexibility index (Phi) is 12.7. The van der Waals surface area contributed by atoms with Crippen molar-refractivity contribution in [1.82, 2.24) is 5.32 Å². The van der Waals surface area contributed by atoms with Crippen molar-refractivity contribution >= 4 is 24.0 Å². The minimum atomic E-state index is -0.383. The van der Waals surface area contributed by atoms with Crippen LogP contribution < -0.4 is 14.8 Å². The van der Waals surface area contributed by atoms with Crippen molar-refractivity contribution in [2.75, 3.05) is 26.9 Å². The quantitative estimate of drug-likeness (QED) is 0.396. The zero-order valence-corrected chi connectivity index (χ0v) is 18.6. The van der Waals surface area contributed by atoms with Crippen LogP contribution in [0.25, 0.3) is 0 Å². The van der Waals surface area contributed by atoms with E-state index in [0.29, 0.717) is 22.1 Å². The third kappa shape index (κ3) is 8.79. The van der Waals surface area contributed by atoms with Gasteiger partial charge < -0.3 is 19.5 Å². The maximum absolute atomic E-state index is 13.9. The van der Waals surface area contributed by atoms with Gasteiger partial charge >= 0.3 is 0 Å². The molecule has 0 spiro atoms. The molecule has 0 unspecified atom stereocenters. The summed E-state index contributed by atoms with van der Waals surface area (Å²) in [6, 6.07) is 10.3. The summed E-state index contributed by atoms with van der Waals surface area (Å²) >= 11 is 6.04. The first-order valence-electron chi connectivity index (χ1n) is 9.66. The van der Waals surface area contributed by atoms with E-state index in [2.05, 4.69) is 12.2 Å². The van der Waals surface area contributed by atoms with Crippen molar-refractivity contribution in [2.45, 2.75) is 39.3 Å². The fourth-order valence-electron chi connectivity index (χ4n) is 2.64. The highest BCUT2D eigenvalue weighted by molar-refractivity contribution is 6.31. The fraction of sp³-hybridized carbons (Fsp3) is 0.455. The van der Waals surface area contributed by atoms with Crippen LogP contribution in [0, 0.1) is 5.82 Å². The molecule has 0 aliphatic carbocycles. The van der Waals surface area contributed by atoms with Crippen LogP contribution >= 0.6 is 24.0 Å². The summed E-state index contributed by atoms with van der Waals surface area (Å²) in [7, 11) is 1.59.